The summed E-state index contributed by atoms with van der Waals surface area (Å²) in [5, 5.41) is 4.68. The van der Waals surface area contributed by atoms with Crippen molar-refractivity contribution in [3.63, 3.8) is 0 Å². The lowest BCUT2D eigenvalue weighted by Crippen LogP contribution is -2.06. The topological polar surface area (TPSA) is 17.8 Å². The molecule has 0 saturated heterocycles. The van der Waals surface area contributed by atoms with Crippen molar-refractivity contribution in [2.75, 3.05) is 0 Å². The lowest BCUT2D eigenvalue weighted by molar-refractivity contribution is 0.631. The Balaban J connectivity index is 2.06. The quantitative estimate of drug-likeness (QED) is 0.732. The molecule has 1 aromatic carbocycles. The van der Waals surface area contributed by atoms with E-state index in [-0.39, 0.29) is 0 Å². The summed E-state index contributed by atoms with van der Waals surface area (Å²) in [5.41, 5.74) is 6.39. The monoisotopic (exact) mass is 238 g/mol. The molecule has 0 amide bonds. The standard InChI is InChI=1S/C16H18N2/c1-11(2)13-9-15-12(3)17-18(16(15)10-13)14-7-5-4-6-8-14/h4-8,13H,1,9-10H2,2-3H3. The van der Waals surface area contributed by atoms with Crippen LogP contribution in [0, 0.1) is 12.8 Å². The number of aryl methyl sites for hydroxylation is 1. The molecule has 18 heavy (non-hydrogen) atoms. The first-order valence-corrected chi connectivity index (χ1v) is 6.45. The number of benzene rings is 1. The van der Waals surface area contributed by atoms with Crippen LogP contribution in [0.2, 0.25) is 0 Å². The van der Waals surface area contributed by atoms with Gasteiger partial charge in [-0.15, -0.1) is 0 Å². The molecule has 1 aromatic heterocycles. The van der Waals surface area contributed by atoms with Gasteiger partial charge >= 0.3 is 0 Å². The minimum atomic E-state index is 0.590. The van der Waals surface area contributed by atoms with Gasteiger partial charge in [0.05, 0.1) is 11.4 Å². The highest BCUT2D eigenvalue weighted by Gasteiger charge is 2.28. The van der Waals surface area contributed by atoms with Crippen molar-refractivity contribution in [2.45, 2.75) is 26.7 Å². The minimum absolute atomic E-state index is 0.590. The number of hydrogen-bond acceptors (Lipinski definition) is 1. The van der Waals surface area contributed by atoms with Gasteiger partial charge in [-0.25, -0.2) is 4.68 Å². The lowest BCUT2D eigenvalue weighted by Gasteiger charge is -2.10. The van der Waals surface area contributed by atoms with Gasteiger partial charge in [0.25, 0.3) is 0 Å². The fourth-order valence-corrected chi connectivity index (χ4v) is 2.77. The van der Waals surface area contributed by atoms with Gasteiger partial charge in [0, 0.05) is 5.69 Å². The lowest BCUT2D eigenvalue weighted by atomic mass is 9.99. The molecule has 0 saturated carbocycles. The maximum absolute atomic E-state index is 4.68. The van der Waals surface area contributed by atoms with Crippen LogP contribution >= 0.6 is 0 Å². The van der Waals surface area contributed by atoms with Crippen molar-refractivity contribution in [1.29, 1.82) is 0 Å². The van der Waals surface area contributed by atoms with Gasteiger partial charge in [-0.3, -0.25) is 0 Å². The first kappa shape index (κ1) is 11.3. The van der Waals surface area contributed by atoms with E-state index >= 15 is 0 Å². The van der Waals surface area contributed by atoms with Crippen LogP contribution in [0.25, 0.3) is 5.69 Å². The zero-order valence-electron chi connectivity index (χ0n) is 11.0. The Hall–Kier alpha value is -1.83. The van der Waals surface area contributed by atoms with Crippen LogP contribution in [0.3, 0.4) is 0 Å². The number of hydrogen-bond donors (Lipinski definition) is 0. The number of rotatable bonds is 2. The van der Waals surface area contributed by atoms with Crippen molar-refractivity contribution in [3.05, 3.63) is 59.4 Å². The molecule has 0 spiro atoms. The molecule has 0 N–H and O–H groups in total. The van der Waals surface area contributed by atoms with Gasteiger partial charge in [-0.05, 0) is 50.3 Å². The van der Waals surface area contributed by atoms with Gasteiger partial charge in [-0.2, -0.15) is 5.10 Å². The number of fused-ring (bicyclic) bond motifs is 1. The molecule has 0 aliphatic heterocycles. The predicted octanol–water partition coefficient (Wildman–Crippen LogP) is 3.47. The third-order valence-electron chi connectivity index (χ3n) is 3.88. The number of nitrogens with zero attached hydrogens (tertiary/aromatic N) is 2. The Labute approximate surface area is 108 Å². The summed E-state index contributed by atoms with van der Waals surface area (Å²) in [4.78, 5) is 0. The molecule has 2 aromatic rings. The van der Waals surface area contributed by atoms with Crippen LogP contribution in [0.1, 0.15) is 23.9 Å². The zero-order chi connectivity index (χ0) is 12.7. The molecule has 1 atom stereocenters. The van der Waals surface area contributed by atoms with Crippen molar-refractivity contribution in [3.8, 4) is 5.69 Å². The summed E-state index contributed by atoms with van der Waals surface area (Å²) in [6, 6.07) is 10.4. The van der Waals surface area contributed by atoms with Crippen LogP contribution < -0.4 is 0 Å². The summed E-state index contributed by atoms with van der Waals surface area (Å²) < 4.78 is 2.10. The van der Waals surface area contributed by atoms with Gasteiger partial charge < -0.3 is 0 Å². The number of aromatic nitrogens is 2. The van der Waals surface area contributed by atoms with Crippen LogP contribution in [0.15, 0.2) is 42.5 Å². The Morgan fingerprint density at radius 1 is 1.28 bits per heavy atom. The molecule has 1 aliphatic rings. The van der Waals surface area contributed by atoms with Crippen LogP contribution in [-0.2, 0) is 12.8 Å². The van der Waals surface area contributed by atoms with E-state index in [1.54, 1.807) is 0 Å². The van der Waals surface area contributed by atoms with Crippen LogP contribution in [0.4, 0.5) is 0 Å². The molecular formula is C16H18N2. The minimum Gasteiger partial charge on any atom is -0.237 e. The van der Waals surface area contributed by atoms with Crippen LogP contribution in [0.5, 0.6) is 0 Å². The van der Waals surface area contributed by atoms with E-state index < -0.39 is 0 Å². The molecule has 1 heterocycles. The van der Waals surface area contributed by atoms with E-state index in [1.807, 2.05) is 6.07 Å². The molecule has 2 heteroatoms. The summed E-state index contributed by atoms with van der Waals surface area (Å²) in [7, 11) is 0. The summed E-state index contributed by atoms with van der Waals surface area (Å²) in [6.45, 7) is 8.34. The molecule has 1 unspecified atom stereocenters. The van der Waals surface area contributed by atoms with E-state index in [1.165, 1.54) is 16.8 Å². The molecule has 3 rings (SSSR count). The van der Waals surface area contributed by atoms with Crippen molar-refractivity contribution < 1.29 is 0 Å². The van der Waals surface area contributed by atoms with E-state index in [0.717, 1.165) is 24.2 Å². The maximum atomic E-state index is 4.68. The van der Waals surface area contributed by atoms with Gasteiger partial charge in [0.15, 0.2) is 0 Å². The van der Waals surface area contributed by atoms with Crippen molar-refractivity contribution in [1.82, 2.24) is 9.78 Å². The summed E-state index contributed by atoms with van der Waals surface area (Å²) in [5.74, 6) is 0.590. The summed E-state index contributed by atoms with van der Waals surface area (Å²) in [6.07, 6.45) is 2.17. The first-order valence-electron chi connectivity index (χ1n) is 6.45. The third kappa shape index (κ3) is 1.69. The summed E-state index contributed by atoms with van der Waals surface area (Å²) >= 11 is 0. The van der Waals surface area contributed by atoms with Gasteiger partial charge in [-0.1, -0.05) is 30.4 Å². The van der Waals surface area contributed by atoms with Crippen LogP contribution in [-0.4, -0.2) is 9.78 Å². The molecule has 92 valence electrons. The highest BCUT2D eigenvalue weighted by Crippen LogP contribution is 2.33. The molecule has 0 radical (unpaired) electrons. The highest BCUT2D eigenvalue weighted by atomic mass is 15.3. The molecule has 0 bridgehead atoms. The highest BCUT2D eigenvalue weighted by molar-refractivity contribution is 5.41. The maximum Gasteiger partial charge on any atom is 0.0649 e. The van der Waals surface area contributed by atoms with Gasteiger partial charge in [0.2, 0.25) is 0 Å². The first-order chi connectivity index (χ1) is 8.66. The Kier molecular flexibility index (Phi) is 2.58. The van der Waals surface area contributed by atoms with Crippen molar-refractivity contribution in [2.24, 2.45) is 5.92 Å². The fourth-order valence-electron chi connectivity index (χ4n) is 2.77. The van der Waals surface area contributed by atoms with E-state index in [9.17, 15) is 0 Å². The van der Waals surface area contributed by atoms with E-state index in [4.69, 9.17) is 0 Å². The molecule has 2 nitrogen and oxygen atoms in total. The fraction of sp³-hybridized carbons (Fsp3) is 0.312. The van der Waals surface area contributed by atoms with Gasteiger partial charge in [0.1, 0.15) is 0 Å². The normalized spacial score (nSPS) is 17.8. The second-order valence-electron chi connectivity index (χ2n) is 5.21. The van der Waals surface area contributed by atoms with Crippen molar-refractivity contribution >= 4 is 0 Å². The average molecular weight is 238 g/mol. The zero-order valence-corrected chi connectivity index (χ0v) is 11.0. The smallest absolute Gasteiger partial charge is 0.0649 e. The van der Waals surface area contributed by atoms with E-state index in [2.05, 4.69) is 54.5 Å². The second kappa shape index (κ2) is 4.13. The SMILES string of the molecule is C=C(C)C1Cc2c(C)nn(-c3ccccc3)c2C1. The number of para-hydroxylation sites is 1. The molecule has 0 fully saturated rings. The average Bonchev–Trinajstić information content (AvgIpc) is 2.92. The Morgan fingerprint density at radius 2 is 2.00 bits per heavy atom. The molecule has 1 aliphatic carbocycles. The van der Waals surface area contributed by atoms with E-state index in [0.29, 0.717) is 5.92 Å². The molecular weight excluding hydrogens is 220 g/mol. The third-order valence-corrected chi connectivity index (χ3v) is 3.88. The number of allylic oxidation sites excluding steroid dienone is 1. The predicted molar refractivity (Wildman–Crippen MR) is 74.0 cm³/mol. The second-order valence-corrected chi connectivity index (χ2v) is 5.21. The largest absolute Gasteiger partial charge is 0.237 e. The Bertz CT molecular complexity index is 593. The Morgan fingerprint density at radius 3 is 2.67 bits per heavy atom.